The van der Waals surface area contributed by atoms with E-state index in [2.05, 4.69) is 29.9 Å². The third-order valence-corrected chi connectivity index (χ3v) is 2.38. The summed E-state index contributed by atoms with van der Waals surface area (Å²) in [5.74, 6) is -3.09. The van der Waals surface area contributed by atoms with Gasteiger partial charge in [0.25, 0.3) is 0 Å². The molecule has 2 heterocycles. The van der Waals surface area contributed by atoms with Crippen LogP contribution in [0.2, 0.25) is 0 Å². The van der Waals surface area contributed by atoms with Gasteiger partial charge < -0.3 is 5.11 Å². The van der Waals surface area contributed by atoms with Gasteiger partial charge in [0.15, 0.2) is 5.82 Å². The normalized spacial score (nSPS) is 11.7. The summed E-state index contributed by atoms with van der Waals surface area (Å²) in [6.07, 6.45) is -1.13. The molecule has 1 radical (unpaired) electrons. The molecule has 2 aromatic heterocycles. The number of nitrogens with zero attached hydrogens (tertiary/aromatic N) is 7. The third kappa shape index (κ3) is 3.92. The van der Waals surface area contributed by atoms with Crippen LogP contribution in [0, 0.1) is 29.8 Å². The minimum atomic E-state index is -1.26. The van der Waals surface area contributed by atoms with E-state index in [0.717, 1.165) is 0 Å². The van der Waals surface area contributed by atoms with Crippen molar-refractivity contribution in [3.05, 3.63) is 36.0 Å². The molecule has 1 atom stereocenters. The van der Waals surface area contributed by atoms with Gasteiger partial charge in [0.05, 0.1) is 6.07 Å². The quantitative estimate of drug-likeness (QED) is 0.782. The van der Waals surface area contributed by atoms with E-state index in [-0.39, 0.29) is 23.9 Å². The standard InChI is InChI=1S/C11H6F2N7O2/c12-10-16-4-15-6(18-10)1-5(3-14)9-17-7(2-8(21)22)19-11(13)20-9/h5H,1-2H2,(H,21,22)/t5-/m1/s1. The van der Waals surface area contributed by atoms with Crippen LogP contribution in [0.3, 0.4) is 0 Å². The number of nitriles is 1. The summed E-state index contributed by atoms with van der Waals surface area (Å²) >= 11 is 0. The lowest BCUT2D eigenvalue weighted by Crippen LogP contribution is -2.15. The van der Waals surface area contributed by atoms with E-state index in [1.165, 1.54) is 0 Å². The molecule has 0 bridgehead atoms. The Bertz CT molecular complexity index is 749. The van der Waals surface area contributed by atoms with Gasteiger partial charge in [-0.2, -0.15) is 34.0 Å². The lowest BCUT2D eigenvalue weighted by molar-refractivity contribution is -0.136. The number of carbonyl (C=O) groups is 1. The lowest BCUT2D eigenvalue weighted by Gasteiger charge is -2.07. The number of halogens is 2. The smallest absolute Gasteiger partial charge is 0.312 e. The second kappa shape index (κ2) is 6.53. The molecule has 0 aliphatic carbocycles. The molecule has 2 rings (SSSR count). The molecule has 0 aliphatic rings. The van der Waals surface area contributed by atoms with Gasteiger partial charge in [-0.25, -0.2) is 9.97 Å². The first-order valence-electron chi connectivity index (χ1n) is 5.76. The molecule has 0 aromatic carbocycles. The summed E-state index contributed by atoms with van der Waals surface area (Å²) in [5.41, 5.74) is 0. The van der Waals surface area contributed by atoms with Crippen LogP contribution in [-0.2, 0) is 17.6 Å². The molecule has 0 saturated carbocycles. The Balaban J connectivity index is 2.29. The Hall–Kier alpha value is -3.16. The number of aliphatic carboxylic acids is 1. The fourth-order valence-electron chi connectivity index (χ4n) is 1.53. The molecule has 9 nitrogen and oxygen atoms in total. The van der Waals surface area contributed by atoms with Crippen molar-refractivity contribution in [2.24, 2.45) is 0 Å². The van der Waals surface area contributed by atoms with Crippen molar-refractivity contribution in [3.8, 4) is 6.07 Å². The molecular formula is C11H6F2N7O2. The van der Waals surface area contributed by atoms with Gasteiger partial charge in [-0.1, -0.05) is 0 Å². The highest BCUT2D eigenvalue weighted by Gasteiger charge is 2.20. The molecule has 1 N–H and O–H groups in total. The summed E-state index contributed by atoms with van der Waals surface area (Å²) in [6.45, 7) is 0. The van der Waals surface area contributed by atoms with Crippen LogP contribution in [-0.4, -0.2) is 41.0 Å². The Morgan fingerprint density at radius 1 is 1.18 bits per heavy atom. The van der Waals surface area contributed by atoms with Crippen LogP contribution in [0.15, 0.2) is 0 Å². The van der Waals surface area contributed by atoms with E-state index in [4.69, 9.17) is 10.4 Å². The Labute approximate surface area is 121 Å². The molecular weight excluding hydrogens is 300 g/mol. The number of rotatable bonds is 5. The minimum absolute atomic E-state index is 0.0975. The predicted molar refractivity (Wildman–Crippen MR) is 61.8 cm³/mol. The molecule has 111 valence electrons. The molecule has 0 aliphatic heterocycles. The van der Waals surface area contributed by atoms with Crippen molar-refractivity contribution in [3.63, 3.8) is 0 Å². The molecule has 2 aromatic rings. The molecule has 22 heavy (non-hydrogen) atoms. The van der Waals surface area contributed by atoms with E-state index >= 15 is 0 Å². The molecule has 0 spiro atoms. The number of aromatic nitrogens is 6. The molecule has 0 amide bonds. The summed E-state index contributed by atoms with van der Waals surface area (Å²) in [7, 11) is 0. The zero-order valence-electron chi connectivity index (χ0n) is 10.7. The fourth-order valence-corrected chi connectivity index (χ4v) is 1.53. The van der Waals surface area contributed by atoms with Gasteiger partial charge in [-0.3, -0.25) is 4.79 Å². The first-order chi connectivity index (χ1) is 10.5. The first kappa shape index (κ1) is 15.2. The molecule has 0 saturated heterocycles. The van der Waals surface area contributed by atoms with Crippen molar-refractivity contribution in [2.45, 2.75) is 18.8 Å². The van der Waals surface area contributed by atoms with Gasteiger partial charge in [0.2, 0.25) is 6.33 Å². The number of carboxylic acids is 1. The summed E-state index contributed by atoms with van der Waals surface area (Å²) in [4.78, 5) is 30.8. The summed E-state index contributed by atoms with van der Waals surface area (Å²) in [6, 6.07) is 1.79. The van der Waals surface area contributed by atoms with Crippen molar-refractivity contribution < 1.29 is 18.7 Å². The molecule has 0 fully saturated rings. The van der Waals surface area contributed by atoms with E-state index in [1.54, 1.807) is 6.07 Å². The van der Waals surface area contributed by atoms with Crippen molar-refractivity contribution in [2.75, 3.05) is 0 Å². The third-order valence-electron chi connectivity index (χ3n) is 2.38. The number of hydrogen-bond acceptors (Lipinski definition) is 8. The van der Waals surface area contributed by atoms with Crippen molar-refractivity contribution in [1.29, 1.82) is 5.26 Å². The maximum atomic E-state index is 13.3. The van der Waals surface area contributed by atoms with E-state index < -0.39 is 30.5 Å². The minimum Gasteiger partial charge on any atom is -0.481 e. The monoisotopic (exact) mass is 306 g/mol. The zero-order chi connectivity index (χ0) is 16.1. The first-order valence-corrected chi connectivity index (χ1v) is 5.76. The predicted octanol–water partition coefficient (Wildman–Crippen LogP) is -0.388. The van der Waals surface area contributed by atoms with E-state index in [9.17, 15) is 13.6 Å². The average molecular weight is 306 g/mol. The van der Waals surface area contributed by atoms with Gasteiger partial charge in [-0.15, -0.1) is 0 Å². The Morgan fingerprint density at radius 3 is 2.55 bits per heavy atom. The highest BCUT2D eigenvalue weighted by molar-refractivity contribution is 5.68. The maximum absolute atomic E-state index is 13.3. The van der Waals surface area contributed by atoms with Gasteiger partial charge in [-0.05, 0) is 0 Å². The number of hydrogen-bond donors (Lipinski definition) is 1. The van der Waals surface area contributed by atoms with Crippen LogP contribution < -0.4 is 0 Å². The maximum Gasteiger partial charge on any atom is 0.312 e. The second-order valence-electron chi connectivity index (χ2n) is 3.96. The highest BCUT2D eigenvalue weighted by Crippen LogP contribution is 2.15. The van der Waals surface area contributed by atoms with Gasteiger partial charge >= 0.3 is 18.1 Å². The molecule has 11 heteroatoms. The van der Waals surface area contributed by atoms with E-state index in [0.29, 0.717) is 0 Å². The highest BCUT2D eigenvalue weighted by atomic mass is 19.1. The zero-order valence-corrected chi connectivity index (χ0v) is 10.7. The Morgan fingerprint density at radius 2 is 1.91 bits per heavy atom. The Kier molecular flexibility index (Phi) is 4.52. The summed E-state index contributed by atoms with van der Waals surface area (Å²) < 4.78 is 26.2. The second-order valence-corrected chi connectivity index (χ2v) is 3.96. The SMILES string of the molecule is N#C[C@@H](Cc1n[c]nc(F)n1)c1nc(F)nc(CC(=O)O)n1. The van der Waals surface area contributed by atoms with Crippen LogP contribution >= 0.6 is 0 Å². The average Bonchev–Trinajstić information content (AvgIpc) is 2.43. The van der Waals surface area contributed by atoms with Crippen molar-refractivity contribution >= 4 is 5.97 Å². The van der Waals surface area contributed by atoms with Crippen LogP contribution in [0.5, 0.6) is 0 Å². The van der Waals surface area contributed by atoms with Gasteiger partial charge in [0.1, 0.15) is 24.0 Å². The largest absolute Gasteiger partial charge is 0.481 e. The van der Waals surface area contributed by atoms with Crippen molar-refractivity contribution in [1.82, 2.24) is 29.9 Å². The topological polar surface area (TPSA) is 138 Å². The number of carboxylic acid groups (broad SMARTS) is 1. The fraction of sp³-hybridized carbons (Fsp3) is 0.273. The van der Waals surface area contributed by atoms with Gasteiger partial charge in [0, 0.05) is 6.42 Å². The molecule has 0 unspecified atom stereocenters. The van der Waals surface area contributed by atoms with E-state index in [1.807, 2.05) is 6.33 Å². The van der Waals surface area contributed by atoms with Crippen LogP contribution in [0.1, 0.15) is 23.4 Å². The van der Waals surface area contributed by atoms with Crippen LogP contribution in [0.25, 0.3) is 0 Å². The lowest BCUT2D eigenvalue weighted by atomic mass is 10.1. The summed E-state index contributed by atoms with van der Waals surface area (Å²) in [5, 5.41) is 17.8. The van der Waals surface area contributed by atoms with Crippen LogP contribution in [0.4, 0.5) is 8.78 Å².